The Morgan fingerprint density at radius 3 is 2.76 bits per heavy atom. The zero-order valence-corrected chi connectivity index (χ0v) is 14.0. The van der Waals surface area contributed by atoms with Gasteiger partial charge in [0.2, 0.25) is 0 Å². The third kappa shape index (κ3) is 4.23. The van der Waals surface area contributed by atoms with E-state index >= 15 is 0 Å². The van der Waals surface area contributed by atoms with Crippen LogP contribution >= 0.6 is 0 Å². The van der Waals surface area contributed by atoms with E-state index in [1.165, 1.54) is 49.7 Å². The summed E-state index contributed by atoms with van der Waals surface area (Å²) in [6, 6.07) is 7.12. The van der Waals surface area contributed by atoms with E-state index in [1.54, 1.807) is 0 Å². The lowest BCUT2D eigenvalue weighted by Crippen LogP contribution is -2.26. The van der Waals surface area contributed by atoms with Gasteiger partial charge in [0.05, 0.1) is 6.61 Å². The van der Waals surface area contributed by atoms with Gasteiger partial charge in [0.25, 0.3) is 0 Å². The Labute approximate surface area is 130 Å². The molecule has 0 radical (unpaired) electrons. The average Bonchev–Trinajstić information content (AvgIpc) is 2.54. The van der Waals surface area contributed by atoms with Crippen LogP contribution in [-0.2, 0) is 6.42 Å². The van der Waals surface area contributed by atoms with E-state index in [-0.39, 0.29) is 0 Å². The molecule has 0 aromatic heterocycles. The van der Waals surface area contributed by atoms with Crippen LogP contribution in [0.5, 0.6) is 5.75 Å². The maximum Gasteiger partial charge on any atom is 0.122 e. The minimum Gasteiger partial charge on any atom is -0.493 e. The topological polar surface area (TPSA) is 21.3 Å². The van der Waals surface area contributed by atoms with Crippen LogP contribution < -0.4 is 10.1 Å². The van der Waals surface area contributed by atoms with Crippen molar-refractivity contribution in [2.45, 2.75) is 65.3 Å². The fourth-order valence-corrected chi connectivity index (χ4v) is 3.21. The second-order valence-corrected chi connectivity index (χ2v) is 6.22. The summed E-state index contributed by atoms with van der Waals surface area (Å²) in [6.45, 7) is 8.69. The van der Waals surface area contributed by atoms with Crippen molar-refractivity contribution in [3.05, 3.63) is 29.3 Å². The molecule has 1 aliphatic rings. The maximum absolute atomic E-state index is 6.17. The number of rotatable bonds is 8. The van der Waals surface area contributed by atoms with Crippen molar-refractivity contribution in [1.82, 2.24) is 5.32 Å². The molecule has 1 aromatic carbocycles. The maximum atomic E-state index is 6.17. The second kappa shape index (κ2) is 8.43. The average molecular weight is 289 g/mol. The number of hydrogen-bond acceptors (Lipinski definition) is 2. The van der Waals surface area contributed by atoms with Crippen LogP contribution in [0.25, 0.3) is 0 Å². The largest absolute Gasteiger partial charge is 0.493 e. The molecule has 21 heavy (non-hydrogen) atoms. The van der Waals surface area contributed by atoms with Gasteiger partial charge in [-0.3, -0.25) is 0 Å². The lowest BCUT2D eigenvalue weighted by Gasteiger charge is -2.28. The van der Waals surface area contributed by atoms with E-state index in [0.29, 0.717) is 12.0 Å². The molecule has 1 atom stereocenters. The van der Waals surface area contributed by atoms with Gasteiger partial charge in [-0.1, -0.05) is 45.7 Å². The second-order valence-electron chi connectivity index (χ2n) is 6.22. The van der Waals surface area contributed by atoms with Gasteiger partial charge >= 0.3 is 0 Å². The quantitative estimate of drug-likeness (QED) is 0.736. The fraction of sp³-hybridized carbons (Fsp3) is 0.684. The predicted octanol–water partition coefficient (Wildman–Crippen LogP) is 4.88. The molecule has 0 aliphatic heterocycles. The number of nitrogens with one attached hydrogen (secondary N) is 1. The Balaban J connectivity index is 2.10. The first-order chi connectivity index (χ1) is 10.3. The smallest absolute Gasteiger partial charge is 0.122 e. The number of hydrogen-bond donors (Lipinski definition) is 1. The van der Waals surface area contributed by atoms with Crippen molar-refractivity contribution in [3.8, 4) is 5.75 Å². The van der Waals surface area contributed by atoms with Gasteiger partial charge in [-0.05, 0) is 55.3 Å². The van der Waals surface area contributed by atoms with Gasteiger partial charge in [0.1, 0.15) is 5.75 Å². The highest BCUT2D eigenvalue weighted by molar-refractivity contribution is 5.43. The monoisotopic (exact) mass is 289 g/mol. The minimum atomic E-state index is 0.519. The van der Waals surface area contributed by atoms with E-state index < -0.39 is 0 Å². The molecule has 0 bridgehead atoms. The van der Waals surface area contributed by atoms with Crippen LogP contribution in [0.3, 0.4) is 0 Å². The molecule has 0 amide bonds. The molecule has 118 valence electrons. The van der Waals surface area contributed by atoms with Crippen LogP contribution in [0.1, 0.15) is 70.0 Å². The van der Waals surface area contributed by atoms with Crippen molar-refractivity contribution in [2.24, 2.45) is 5.92 Å². The summed E-state index contributed by atoms with van der Waals surface area (Å²) < 4.78 is 6.17. The molecule has 1 aliphatic carbocycles. The van der Waals surface area contributed by atoms with Gasteiger partial charge in [0, 0.05) is 6.04 Å². The first-order valence-electron chi connectivity index (χ1n) is 8.78. The number of ether oxygens (including phenoxy) is 1. The van der Waals surface area contributed by atoms with Crippen LogP contribution in [-0.4, -0.2) is 13.2 Å². The molecule has 1 N–H and O–H groups in total. The zero-order chi connectivity index (χ0) is 15.1. The first-order valence-corrected chi connectivity index (χ1v) is 8.78. The molecule has 2 heteroatoms. The molecule has 2 rings (SSSR count). The summed E-state index contributed by atoms with van der Waals surface area (Å²) >= 11 is 0. The number of fused-ring (bicyclic) bond motifs is 1. The Kier molecular flexibility index (Phi) is 6.56. The van der Waals surface area contributed by atoms with Crippen molar-refractivity contribution < 1.29 is 4.74 Å². The van der Waals surface area contributed by atoms with Crippen molar-refractivity contribution in [2.75, 3.05) is 13.2 Å². The van der Waals surface area contributed by atoms with Crippen molar-refractivity contribution >= 4 is 0 Å². The highest BCUT2D eigenvalue weighted by atomic mass is 16.5. The zero-order valence-electron chi connectivity index (χ0n) is 14.0. The Hall–Kier alpha value is -1.02. The van der Waals surface area contributed by atoms with E-state index in [2.05, 4.69) is 44.3 Å². The summed E-state index contributed by atoms with van der Waals surface area (Å²) in [4.78, 5) is 0. The first kappa shape index (κ1) is 16.4. The van der Waals surface area contributed by atoms with Crippen LogP contribution in [0.15, 0.2) is 18.2 Å². The summed E-state index contributed by atoms with van der Waals surface area (Å²) in [7, 11) is 0. The van der Waals surface area contributed by atoms with E-state index in [1.807, 2.05) is 0 Å². The third-order valence-corrected chi connectivity index (χ3v) is 4.73. The standard InChI is InChI=1S/C19H31NO/c1-4-13-20-18-11-7-10-17-16(18)9-8-12-19(17)21-14-15(5-2)6-3/h8-9,12,15,18,20H,4-7,10-11,13-14H2,1-3H3. The van der Waals surface area contributed by atoms with Crippen LogP contribution in [0, 0.1) is 5.92 Å². The highest BCUT2D eigenvalue weighted by Gasteiger charge is 2.22. The lowest BCUT2D eigenvalue weighted by molar-refractivity contribution is 0.237. The predicted molar refractivity (Wildman–Crippen MR) is 90.0 cm³/mol. The minimum absolute atomic E-state index is 0.519. The molecule has 0 saturated heterocycles. The third-order valence-electron chi connectivity index (χ3n) is 4.73. The summed E-state index contributed by atoms with van der Waals surface area (Å²) in [5.41, 5.74) is 2.92. The van der Waals surface area contributed by atoms with E-state index in [9.17, 15) is 0 Å². The van der Waals surface area contributed by atoms with Crippen LogP contribution in [0.2, 0.25) is 0 Å². The Morgan fingerprint density at radius 1 is 1.24 bits per heavy atom. The van der Waals surface area contributed by atoms with E-state index in [0.717, 1.165) is 18.9 Å². The molecule has 2 nitrogen and oxygen atoms in total. The van der Waals surface area contributed by atoms with Gasteiger partial charge in [-0.15, -0.1) is 0 Å². The van der Waals surface area contributed by atoms with Gasteiger partial charge in [0.15, 0.2) is 0 Å². The summed E-state index contributed by atoms with van der Waals surface area (Å²) in [5, 5.41) is 3.69. The van der Waals surface area contributed by atoms with E-state index in [4.69, 9.17) is 4.74 Å². The number of benzene rings is 1. The molecule has 0 heterocycles. The Morgan fingerprint density at radius 2 is 2.05 bits per heavy atom. The molecule has 0 fully saturated rings. The molecule has 0 spiro atoms. The molecular weight excluding hydrogens is 258 g/mol. The van der Waals surface area contributed by atoms with Gasteiger partial charge in [-0.25, -0.2) is 0 Å². The SMILES string of the molecule is CCCNC1CCCc2c(OCC(CC)CC)cccc21. The van der Waals surface area contributed by atoms with Crippen molar-refractivity contribution in [1.29, 1.82) is 0 Å². The van der Waals surface area contributed by atoms with Crippen LogP contribution in [0.4, 0.5) is 0 Å². The lowest BCUT2D eigenvalue weighted by atomic mass is 9.87. The normalized spacial score (nSPS) is 17.8. The van der Waals surface area contributed by atoms with Gasteiger partial charge < -0.3 is 10.1 Å². The summed E-state index contributed by atoms with van der Waals surface area (Å²) in [6.07, 6.45) is 7.27. The Bertz CT molecular complexity index is 426. The fourth-order valence-electron chi connectivity index (χ4n) is 3.21. The molecule has 1 aromatic rings. The molecule has 1 unspecified atom stereocenters. The molecule has 0 saturated carbocycles. The molecular formula is C19H31NO. The highest BCUT2D eigenvalue weighted by Crippen LogP contribution is 2.35. The summed E-state index contributed by atoms with van der Waals surface area (Å²) in [5.74, 6) is 1.81. The van der Waals surface area contributed by atoms with Gasteiger partial charge in [-0.2, -0.15) is 0 Å². The van der Waals surface area contributed by atoms with Crippen molar-refractivity contribution in [3.63, 3.8) is 0 Å².